The van der Waals surface area contributed by atoms with E-state index in [4.69, 9.17) is 16.7 Å². The lowest BCUT2D eigenvalue weighted by Gasteiger charge is -2.05. The van der Waals surface area contributed by atoms with Crippen LogP contribution in [0.1, 0.15) is 10.4 Å². The Morgan fingerprint density at radius 2 is 1.95 bits per heavy atom. The number of nitrogens with zero attached hydrogens (tertiary/aromatic N) is 3. The summed E-state index contributed by atoms with van der Waals surface area (Å²) in [7, 11) is 0. The van der Waals surface area contributed by atoms with Gasteiger partial charge < -0.3 is 5.11 Å². The topological polar surface area (TPSA) is 106 Å². The van der Waals surface area contributed by atoms with Gasteiger partial charge in [0.05, 0.1) is 11.1 Å². The summed E-state index contributed by atoms with van der Waals surface area (Å²) in [6.07, 6.45) is 1.25. The minimum atomic E-state index is -1.24. The standard InChI is InChI=1S/C11H6ClN3O4/c12-10-9(11(16)17)8(5-13-14-10)6-1-3-7(4-2-6)15(18)19/h1-5H,(H,16,17). The maximum Gasteiger partial charge on any atom is 0.339 e. The van der Waals surface area contributed by atoms with Crippen molar-refractivity contribution in [2.24, 2.45) is 0 Å². The van der Waals surface area contributed by atoms with Crippen LogP contribution in [0, 0.1) is 10.1 Å². The molecule has 0 spiro atoms. The Labute approximate surface area is 111 Å². The van der Waals surface area contributed by atoms with Crippen molar-refractivity contribution >= 4 is 23.3 Å². The molecule has 2 rings (SSSR count). The number of hydrogen-bond donors (Lipinski definition) is 1. The molecular weight excluding hydrogens is 274 g/mol. The van der Waals surface area contributed by atoms with Crippen LogP contribution in [0.15, 0.2) is 30.5 Å². The average molecular weight is 280 g/mol. The molecule has 1 N–H and O–H groups in total. The number of hydrogen-bond acceptors (Lipinski definition) is 5. The first-order chi connectivity index (χ1) is 9.00. The highest BCUT2D eigenvalue weighted by molar-refractivity contribution is 6.33. The highest BCUT2D eigenvalue weighted by Gasteiger charge is 2.18. The molecule has 0 radical (unpaired) electrons. The number of nitro groups is 1. The predicted molar refractivity (Wildman–Crippen MR) is 66.1 cm³/mol. The van der Waals surface area contributed by atoms with Crippen LogP contribution >= 0.6 is 11.6 Å². The molecular formula is C11H6ClN3O4. The van der Waals surface area contributed by atoms with E-state index in [9.17, 15) is 14.9 Å². The van der Waals surface area contributed by atoms with E-state index in [1.54, 1.807) is 0 Å². The second kappa shape index (κ2) is 4.99. The van der Waals surface area contributed by atoms with E-state index in [1.807, 2.05) is 0 Å². The number of benzene rings is 1. The zero-order chi connectivity index (χ0) is 14.0. The van der Waals surface area contributed by atoms with Crippen LogP contribution in [0.4, 0.5) is 5.69 Å². The molecule has 0 aliphatic rings. The van der Waals surface area contributed by atoms with Gasteiger partial charge in [-0.15, -0.1) is 5.10 Å². The molecule has 0 unspecified atom stereocenters. The van der Waals surface area contributed by atoms with Gasteiger partial charge in [-0.2, -0.15) is 5.10 Å². The van der Waals surface area contributed by atoms with Crippen molar-refractivity contribution in [3.05, 3.63) is 51.3 Å². The van der Waals surface area contributed by atoms with E-state index in [0.29, 0.717) is 5.56 Å². The van der Waals surface area contributed by atoms with Gasteiger partial charge in [0.2, 0.25) is 0 Å². The fourth-order valence-electron chi connectivity index (χ4n) is 1.55. The van der Waals surface area contributed by atoms with Gasteiger partial charge in [0.1, 0.15) is 5.56 Å². The zero-order valence-electron chi connectivity index (χ0n) is 9.28. The monoisotopic (exact) mass is 279 g/mol. The Hall–Kier alpha value is -2.54. The molecule has 1 aromatic carbocycles. The lowest BCUT2D eigenvalue weighted by atomic mass is 10.0. The van der Waals surface area contributed by atoms with E-state index >= 15 is 0 Å². The van der Waals surface area contributed by atoms with Crippen LogP contribution in [0.25, 0.3) is 11.1 Å². The molecule has 1 heterocycles. The first-order valence-corrected chi connectivity index (χ1v) is 5.38. The Bertz CT molecular complexity index is 657. The van der Waals surface area contributed by atoms with Crippen molar-refractivity contribution in [3.63, 3.8) is 0 Å². The number of carboxylic acid groups (broad SMARTS) is 1. The highest BCUT2D eigenvalue weighted by atomic mass is 35.5. The molecule has 0 saturated carbocycles. The first kappa shape index (κ1) is 12.9. The number of rotatable bonds is 3. The number of carboxylic acids is 1. The number of aromatic carboxylic acids is 1. The average Bonchev–Trinajstić information content (AvgIpc) is 2.38. The minimum absolute atomic E-state index is 0.0891. The molecule has 0 fully saturated rings. The lowest BCUT2D eigenvalue weighted by Crippen LogP contribution is -2.03. The maximum atomic E-state index is 11.1. The largest absolute Gasteiger partial charge is 0.478 e. The van der Waals surface area contributed by atoms with Crippen molar-refractivity contribution in [1.82, 2.24) is 10.2 Å². The normalized spacial score (nSPS) is 10.2. The number of carbonyl (C=O) groups is 1. The van der Waals surface area contributed by atoms with Crippen molar-refractivity contribution in [1.29, 1.82) is 0 Å². The van der Waals surface area contributed by atoms with E-state index < -0.39 is 10.9 Å². The van der Waals surface area contributed by atoms with Crippen molar-refractivity contribution < 1.29 is 14.8 Å². The van der Waals surface area contributed by atoms with Crippen LogP contribution in [-0.4, -0.2) is 26.2 Å². The molecule has 0 saturated heterocycles. The number of non-ortho nitro benzene ring substituents is 1. The molecule has 96 valence electrons. The second-order valence-corrected chi connectivity index (χ2v) is 3.89. The van der Waals surface area contributed by atoms with Crippen LogP contribution in [0.3, 0.4) is 0 Å². The van der Waals surface area contributed by atoms with Crippen molar-refractivity contribution in [2.45, 2.75) is 0 Å². The summed E-state index contributed by atoms with van der Waals surface area (Å²) in [5.41, 5.74) is 0.432. The molecule has 0 aliphatic carbocycles. The molecule has 0 amide bonds. The zero-order valence-corrected chi connectivity index (χ0v) is 10.0. The fraction of sp³-hybridized carbons (Fsp3) is 0. The number of nitro benzene ring substituents is 1. The SMILES string of the molecule is O=C(O)c1c(-c2ccc([N+](=O)[O-])cc2)cnnc1Cl. The minimum Gasteiger partial charge on any atom is -0.478 e. The molecule has 19 heavy (non-hydrogen) atoms. The molecule has 0 aliphatic heterocycles. The van der Waals surface area contributed by atoms with Crippen LogP contribution in [-0.2, 0) is 0 Å². The summed E-state index contributed by atoms with van der Waals surface area (Å²) in [5.74, 6) is -1.24. The first-order valence-electron chi connectivity index (χ1n) is 5.00. The molecule has 0 bridgehead atoms. The van der Waals surface area contributed by atoms with Crippen molar-refractivity contribution in [2.75, 3.05) is 0 Å². The number of halogens is 1. The van der Waals surface area contributed by atoms with Gasteiger partial charge in [-0.3, -0.25) is 10.1 Å². The van der Waals surface area contributed by atoms with E-state index in [2.05, 4.69) is 10.2 Å². The predicted octanol–water partition coefficient (Wildman–Crippen LogP) is 2.40. The van der Waals surface area contributed by atoms with Gasteiger partial charge in [0.25, 0.3) is 5.69 Å². The Balaban J connectivity index is 2.56. The van der Waals surface area contributed by atoms with Gasteiger partial charge in [-0.1, -0.05) is 11.6 Å². The van der Waals surface area contributed by atoms with Gasteiger partial charge in [0.15, 0.2) is 5.15 Å². The van der Waals surface area contributed by atoms with Gasteiger partial charge >= 0.3 is 5.97 Å². The summed E-state index contributed by atoms with van der Waals surface area (Å²) in [5, 5.41) is 26.4. The lowest BCUT2D eigenvalue weighted by molar-refractivity contribution is -0.384. The van der Waals surface area contributed by atoms with Crippen LogP contribution in [0.2, 0.25) is 5.15 Å². The Kier molecular flexibility index (Phi) is 3.39. The van der Waals surface area contributed by atoms with Gasteiger partial charge in [-0.25, -0.2) is 4.79 Å². The smallest absolute Gasteiger partial charge is 0.339 e. The van der Waals surface area contributed by atoms with Crippen LogP contribution in [0.5, 0.6) is 0 Å². The van der Waals surface area contributed by atoms with Crippen molar-refractivity contribution in [3.8, 4) is 11.1 Å². The summed E-state index contributed by atoms with van der Waals surface area (Å²) in [4.78, 5) is 21.1. The summed E-state index contributed by atoms with van der Waals surface area (Å²) in [6.45, 7) is 0. The van der Waals surface area contributed by atoms with Crippen LogP contribution < -0.4 is 0 Å². The van der Waals surface area contributed by atoms with Gasteiger partial charge in [-0.05, 0) is 17.7 Å². The third-order valence-corrected chi connectivity index (χ3v) is 2.68. The second-order valence-electron chi connectivity index (χ2n) is 3.53. The summed E-state index contributed by atoms with van der Waals surface area (Å²) in [6, 6.07) is 5.40. The van der Waals surface area contributed by atoms with E-state index in [1.165, 1.54) is 30.5 Å². The van der Waals surface area contributed by atoms with E-state index in [0.717, 1.165) is 0 Å². The third-order valence-electron chi connectivity index (χ3n) is 2.41. The summed E-state index contributed by atoms with van der Waals surface area (Å²) >= 11 is 5.69. The Morgan fingerprint density at radius 3 is 2.47 bits per heavy atom. The third kappa shape index (κ3) is 2.50. The van der Waals surface area contributed by atoms with E-state index in [-0.39, 0.29) is 22.0 Å². The molecule has 0 atom stereocenters. The Morgan fingerprint density at radius 1 is 1.32 bits per heavy atom. The molecule has 7 nitrogen and oxygen atoms in total. The highest BCUT2D eigenvalue weighted by Crippen LogP contribution is 2.28. The molecule has 2 aromatic rings. The quantitative estimate of drug-likeness (QED) is 0.683. The summed E-state index contributed by atoms with van der Waals surface area (Å²) < 4.78 is 0. The fourth-order valence-corrected chi connectivity index (χ4v) is 1.77. The number of aromatic nitrogens is 2. The molecule has 1 aromatic heterocycles. The molecule has 8 heteroatoms. The maximum absolute atomic E-state index is 11.1. The van der Waals surface area contributed by atoms with Gasteiger partial charge in [0, 0.05) is 17.7 Å².